The second-order valence-electron chi connectivity index (χ2n) is 3.34. The molecule has 0 bridgehead atoms. The topological polar surface area (TPSA) is 43.4 Å². The maximum atomic E-state index is 10.9. The van der Waals surface area contributed by atoms with Crippen molar-refractivity contribution in [3.05, 3.63) is 0 Å². The summed E-state index contributed by atoms with van der Waals surface area (Å²) in [4.78, 5) is 21.5. The van der Waals surface area contributed by atoms with E-state index < -0.39 is 12.1 Å². The maximum Gasteiger partial charge on any atom is 0.303 e. The number of hydrogen-bond acceptors (Lipinski definition) is 3. The van der Waals surface area contributed by atoms with Crippen LogP contribution in [-0.2, 0) is 14.3 Å². The molecule has 12 heavy (non-hydrogen) atoms. The van der Waals surface area contributed by atoms with Crippen LogP contribution < -0.4 is 0 Å². The molecule has 70 valence electrons. The van der Waals surface area contributed by atoms with Gasteiger partial charge in [-0.25, -0.2) is 0 Å². The van der Waals surface area contributed by atoms with E-state index in [0.717, 1.165) is 0 Å². The van der Waals surface area contributed by atoms with Crippen LogP contribution in [0.3, 0.4) is 0 Å². The lowest BCUT2D eigenvalue weighted by molar-refractivity contribution is -0.153. The highest BCUT2D eigenvalue weighted by molar-refractivity contribution is 5.82. The van der Waals surface area contributed by atoms with Gasteiger partial charge in [0.05, 0.1) is 0 Å². The fraction of sp³-hybridized carbons (Fsp3) is 0.778. The molecule has 0 amide bonds. The Balaban J connectivity index is 4.04. The summed E-state index contributed by atoms with van der Waals surface area (Å²) in [6.45, 7) is 6.73. The summed E-state index contributed by atoms with van der Waals surface area (Å²) in [6, 6.07) is 0. The summed E-state index contributed by atoms with van der Waals surface area (Å²) < 4.78 is 4.83. The Morgan fingerprint density at radius 2 is 1.75 bits per heavy atom. The maximum absolute atomic E-state index is 10.9. The van der Waals surface area contributed by atoms with Crippen LogP contribution in [0, 0.1) is 5.92 Å². The second-order valence-corrected chi connectivity index (χ2v) is 3.34. The molecule has 0 heterocycles. The highest BCUT2D eigenvalue weighted by atomic mass is 16.5. The Bertz CT molecular complexity index is 173. The van der Waals surface area contributed by atoms with Crippen LogP contribution in [0.15, 0.2) is 0 Å². The van der Waals surface area contributed by atoms with Gasteiger partial charge in [-0.2, -0.15) is 0 Å². The lowest BCUT2D eigenvalue weighted by Crippen LogP contribution is -2.25. The minimum Gasteiger partial charge on any atom is -0.455 e. The minimum absolute atomic E-state index is 0.0844. The summed E-state index contributed by atoms with van der Waals surface area (Å²) in [7, 11) is 0. The van der Waals surface area contributed by atoms with Crippen LogP contribution in [0.25, 0.3) is 0 Å². The predicted octanol–water partition coefficient (Wildman–Crippen LogP) is 1.55. The van der Waals surface area contributed by atoms with Crippen molar-refractivity contribution < 1.29 is 14.3 Å². The highest BCUT2D eigenvalue weighted by Gasteiger charge is 2.18. The first-order chi connectivity index (χ1) is 5.43. The van der Waals surface area contributed by atoms with E-state index in [2.05, 4.69) is 0 Å². The lowest BCUT2D eigenvalue weighted by atomic mass is 10.0. The lowest BCUT2D eigenvalue weighted by Gasteiger charge is -2.15. The van der Waals surface area contributed by atoms with Gasteiger partial charge in [0.2, 0.25) is 0 Å². The van der Waals surface area contributed by atoms with Crippen molar-refractivity contribution in [1.29, 1.82) is 0 Å². The molecule has 1 atom stereocenters. The molecule has 0 rings (SSSR count). The molecule has 1 unspecified atom stereocenters. The molecular formula is C9H16O3. The van der Waals surface area contributed by atoms with Crippen molar-refractivity contribution in [2.24, 2.45) is 5.92 Å². The van der Waals surface area contributed by atoms with Gasteiger partial charge in [-0.3, -0.25) is 9.59 Å². The third-order valence-corrected chi connectivity index (χ3v) is 1.45. The van der Waals surface area contributed by atoms with Crippen molar-refractivity contribution in [2.75, 3.05) is 0 Å². The minimum atomic E-state index is -0.553. The summed E-state index contributed by atoms with van der Waals surface area (Å²) in [6.07, 6.45) is 0.0528. The zero-order chi connectivity index (χ0) is 9.72. The molecule has 0 aliphatic rings. The van der Waals surface area contributed by atoms with Gasteiger partial charge in [-0.05, 0) is 19.3 Å². The summed E-state index contributed by atoms with van der Waals surface area (Å²) in [5.41, 5.74) is 0. The van der Waals surface area contributed by atoms with Gasteiger partial charge in [-0.15, -0.1) is 0 Å². The van der Waals surface area contributed by atoms with Crippen LogP contribution in [0.4, 0.5) is 0 Å². The van der Waals surface area contributed by atoms with Gasteiger partial charge in [0.15, 0.2) is 11.9 Å². The van der Waals surface area contributed by atoms with Crippen LogP contribution >= 0.6 is 0 Å². The summed E-state index contributed by atoms with van der Waals surface area (Å²) in [5, 5.41) is 0. The monoisotopic (exact) mass is 172 g/mol. The molecule has 3 nitrogen and oxygen atoms in total. The van der Waals surface area contributed by atoms with E-state index >= 15 is 0 Å². The molecule has 0 aliphatic heterocycles. The predicted molar refractivity (Wildman–Crippen MR) is 45.7 cm³/mol. The summed E-state index contributed by atoms with van der Waals surface area (Å²) >= 11 is 0. The van der Waals surface area contributed by atoms with E-state index in [9.17, 15) is 9.59 Å². The van der Waals surface area contributed by atoms with Crippen LogP contribution in [0.5, 0.6) is 0 Å². The number of carbonyl (C=O) groups excluding carboxylic acids is 2. The number of esters is 1. The number of ether oxygens (including phenoxy) is 1. The second kappa shape index (κ2) is 4.91. The Morgan fingerprint density at radius 1 is 1.25 bits per heavy atom. The van der Waals surface area contributed by atoms with Crippen molar-refractivity contribution in [3.8, 4) is 0 Å². The average Bonchev–Trinajstić information content (AvgIpc) is 1.83. The number of hydrogen-bond donors (Lipinski definition) is 0. The van der Waals surface area contributed by atoms with Gasteiger partial charge >= 0.3 is 5.97 Å². The molecule has 3 heteroatoms. The molecule has 0 spiro atoms. The van der Waals surface area contributed by atoms with Gasteiger partial charge in [0.1, 0.15) is 0 Å². The average molecular weight is 172 g/mol. The smallest absolute Gasteiger partial charge is 0.303 e. The molecule has 0 saturated heterocycles. The van der Waals surface area contributed by atoms with Crippen LogP contribution in [0.2, 0.25) is 0 Å². The largest absolute Gasteiger partial charge is 0.455 e. The SMILES string of the molecule is CC(=O)OC(CC(C)C)C(C)=O. The van der Waals surface area contributed by atoms with Crippen molar-refractivity contribution in [2.45, 2.75) is 40.2 Å². The van der Waals surface area contributed by atoms with E-state index in [-0.39, 0.29) is 5.78 Å². The molecule has 0 aromatic heterocycles. The van der Waals surface area contributed by atoms with Crippen molar-refractivity contribution in [1.82, 2.24) is 0 Å². The first kappa shape index (κ1) is 11.1. The third-order valence-electron chi connectivity index (χ3n) is 1.45. The molecule has 0 radical (unpaired) electrons. The van der Waals surface area contributed by atoms with Crippen molar-refractivity contribution in [3.63, 3.8) is 0 Å². The molecule has 0 saturated carbocycles. The Morgan fingerprint density at radius 3 is 2.00 bits per heavy atom. The number of ketones is 1. The van der Waals surface area contributed by atoms with Crippen molar-refractivity contribution >= 4 is 11.8 Å². The van der Waals surface area contributed by atoms with E-state index in [1.807, 2.05) is 13.8 Å². The molecule has 0 aromatic carbocycles. The quantitative estimate of drug-likeness (QED) is 0.604. The normalized spacial score (nSPS) is 12.8. The highest BCUT2D eigenvalue weighted by Crippen LogP contribution is 2.09. The first-order valence-corrected chi connectivity index (χ1v) is 4.11. The van der Waals surface area contributed by atoms with Gasteiger partial charge in [0.25, 0.3) is 0 Å². The first-order valence-electron chi connectivity index (χ1n) is 4.11. The Kier molecular flexibility index (Phi) is 4.55. The fourth-order valence-corrected chi connectivity index (χ4v) is 0.926. The molecule has 0 aromatic rings. The zero-order valence-electron chi connectivity index (χ0n) is 8.09. The van der Waals surface area contributed by atoms with Gasteiger partial charge in [-0.1, -0.05) is 13.8 Å². The number of carbonyl (C=O) groups is 2. The zero-order valence-corrected chi connectivity index (χ0v) is 8.09. The molecular weight excluding hydrogens is 156 g/mol. The Labute approximate surface area is 73.1 Å². The number of Topliss-reactive ketones (excluding diaryl/α,β-unsaturated/α-hetero) is 1. The van der Waals surface area contributed by atoms with Gasteiger partial charge < -0.3 is 4.74 Å². The van der Waals surface area contributed by atoms with Crippen LogP contribution in [-0.4, -0.2) is 17.9 Å². The van der Waals surface area contributed by atoms with E-state index in [4.69, 9.17) is 4.74 Å². The number of rotatable bonds is 4. The fourth-order valence-electron chi connectivity index (χ4n) is 0.926. The molecule has 0 fully saturated rings. The molecule has 0 N–H and O–H groups in total. The van der Waals surface area contributed by atoms with E-state index in [0.29, 0.717) is 12.3 Å². The summed E-state index contributed by atoms with van der Waals surface area (Å²) in [5.74, 6) is -0.118. The van der Waals surface area contributed by atoms with Gasteiger partial charge in [0, 0.05) is 6.92 Å². The third kappa shape index (κ3) is 4.88. The molecule has 0 aliphatic carbocycles. The Hall–Kier alpha value is -0.860. The standard InChI is InChI=1S/C9H16O3/c1-6(2)5-9(7(3)10)12-8(4)11/h6,9H,5H2,1-4H3. The van der Waals surface area contributed by atoms with E-state index in [1.165, 1.54) is 13.8 Å². The van der Waals surface area contributed by atoms with Crippen LogP contribution in [0.1, 0.15) is 34.1 Å². The van der Waals surface area contributed by atoms with E-state index in [1.54, 1.807) is 0 Å².